The van der Waals surface area contributed by atoms with Crippen LogP contribution in [-0.2, 0) is 24.0 Å². The molecule has 11 heteroatoms. The van der Waals surface area contributed by atoms with Crippen molar-refractivity contribution in [3.8, 4) is 0 Å². The number of primary amides is 1. The molecule has 176 valence electrons. The predicted octanol–water partition coefficient (Wildman–Crippen LogP) is -1.15. The number of hydrogen-bond acceptors (Lipinski definition) is 6. The topological polar surface area (TPSA) is 180 Å². The Morgan fingerprint density at radius 3 is 1.97 bits per heavy atom. The highest BCUT2D eigenvalue weighted by molar-refractivity contribution is 5.94. The van der Waals surface area contributed by atoms with Crippen molar-refractivity contribution in [2.24, 2.45) is 17.6 Å². The van der Waals surface area contributed by atoms with E-state index in [0.717, 1.165) is 13.0 Å². The summed E-state index contributed by atoms with van der Waals surface area (Å²) in [6.07, 6.45) is 1.21. The SMILES string of the molecule is CC(C)C(NC(=O)C1CCCN1)C(=O)NC(C(=O)NC(CCC(N)=O)C(=O)O)C(C)C. The number of aliphatic carboxylic acids is 1. The molecule has 1 aliphatic rings. The van der Waals surface area contributed by atoms with Gasteiger partial charge in [-0.15, -0.1) is 0 Å². The van der Waals surface area contributed by atoms with E-state index in [9.17, 15) is 29.1 Å². The van der Waals surface area contributed by atoms with Crippen LogP contribution in [0.1, 0.15) is 53.4 Å². The molecule has 0 bridgehead atoms. The third-order valence-electron chi connectivity index (χ3n) is 5.16. The van der Waals surface area contributed by atoms with Crippen LogP contribution in [0.3, 0.4) is 0 Å². The molecule has 11 nitrogen and oxygen atoms in total. The van der Waals surface area contributed by atoms with Gasteiger partial charge in [0, 0.05) is 6.42 Å². The number of carboxylic acids is 1. The average Bonchev–Trinajstić information content (AvgIpc) is 3.20. The van der Waals surface area contributed by atoms with Crippen molar-refractivity contribution < 1.29 is 29.1 Å². The highest BCUT2D eigenvalue weighted by Gasteiger charge is 2.33. The van der Waals surface area contributed by atoms with E-state index in [2.05, 4.69) is 21.3 Å². The second-order valence-electron chi connectivity index (χ2n) is 8.51. The van der Waals surface area contributed by atoms with Crippen LogP contribution in [0, 0.1) is 11.8 Å². The zero-order valence-corrected chi connectivity index (χ0v) is 18.6. The van der Waals surface area contributed by atoms with Gasteiger partial charge in [-0.2, -0.15) is 0 Å². The van der Waals surface area contributed by atoms with Crippen LogP contribution in [0.15, 0.2) is 0 Å². The fraction of sp³-hybridized carbons (Fsp3) is 0.750. The van der Waals surface area contributed by atoms with E-state index in [1.165, 1.54) is 0 Å². The van der Waals surface area contributed by atoms with Crippen LogP contribution in [0.4, 0.5) is 0 Å². The number of carboxylic acid groups (broad SMARTS) is 1. The Hall–Kier alpha value is -2.69. The molecule has 4 atom stereocenters. The second-order valence-corrected chi connectivity index (χ2v) is 8.51. The van der Waals surface area contributed by atoms with E-state index in [-0.39, 0.29) is 36.6 Å². The van der Waals surface area contributed by atoms with Crippen LogP contribution < -0.4 is 27.0 Å². The lowest BCUT2D eigenvalue weighted by Gasteiger charge is -2.28. The zero-order valence-electron chi connectivity index (χ0n) is 18.6. The van der Waals surface area contributed by atoms with Crippen LogP contribution in [-0.4, -0.2) is 65.4 Å². The molecule has 1 fully saturated rings. The summed E-state index contributed by atoms with van der Waals surface area (Å²) in [5, 5.41) is 20.1. The predicted molar refractivity (Wildman–Crippen MR) is 113 cm³/mol. The van der Waals surface area contributed by atoms with Gasteiger partial charge in [0.2, 0.25) is 23.6 Å². The molecule has 1 rings (SSSR count). The first-order valence-electron chi connectivity index (χ1n) is 10.6. The van der Waals surface area contributed by atoms with Crippen molar-refractivity contribution in [3.63, 3.8) is 0 Å². The van der Waals surface area contributed by atoms with Crippen molar-refractivity contribution in [2.45, 2.75) is 77.5 Å². The number of carbonyl (C=O) groups excluding carboxylic acids is 4. The number of nitrogens with two attached hydrogens (primary N) is 1. The number of carbonyl (C=O) groups is 5. The molecule has 1 aliphatic heterocycles. The van der Waals surface area contributed by atoms with Crippen LogP contribution in [0.5, 0.6) is 0 Å². The van der Waals surface area contributed by atoms with Gasteiger partial charge in [-0.1, -0.05) is 27.7 Å². The van der Waals surface area contributed by atoms with Crippen molar-refractivity contribution in [2.75, 3.05) is 6.54 Å². The van der Waals surface area contributed by atoms with Gasteiger partial charge >= 0.3 is 5.97 Å². The largest absolute Gasteiger partial charge is 0.480 e. The molecule has 31 heavy (non-hydrogen) atoms. The Kier molecular flexibility index (Phi) is 10.4. The molecular formula is C20H35N5O6. The summed E-state index contributed by atoms with van der Waals surface area (Å²) in [6.45, 7) is 7.71. The third kappa shape index (κ3) is 8.52. The highest BCUT2D eigenvalue weighted by Crippen LogP contribution is 2.10. The molecule has 1 heterocycles. The average molecular weight is 442 g/mol. The first-order valence-corrected chi connectivity index (χ1v) is 10.6. The summed E-state index contributed by atoms with van der Waals surface area (Å²) in [6, 6.07) is -3.54. The lowest BCUT2D eigenvalue weighted by atomic mass is 9.98. The lowest BCUT2D eigenvalue weighted by Crippen LogP contribution is -2.59. The van der Waals surface area contributed by atoms with Crippen molar-refractivity contribution in [1.29, 1.82) is 0 Å². The van der Waals surface area contributed by atoms with E-state index >= 15 is 0 Å². The quantitative estimate of drug-likeness (QED) is 0.221. The van der Waals surface area contributed by atoms with Gasteiger partial charge in [0.1, 0.15) is 18.1 Å². The summed E-state index contributed by atoms with van der Waals surface area (Å²) in [7, 11) is 0. The maximum atomic E-state index is 12.9. The molecule has 0 spiro atoms. The second kappa shape index (κ2) is 12.2. The number of nitrogens with one attached hydrogen (secondary N) is 4. The van der Waals surface area contributed by atoms with Gasteiger partial charge in [-0.3, -0.25) is 19.2 Å². The molecular weight excluding hydrogens is 406 g/mol. The normalized spacial score (nSPS) is 18.8. The summed E-state index contributed by atoms with van der Waals surface area (Å²) >= 11 is 0. The van der Waals surface area contributed by atoms with Crippen molar-refractivity contribution in [1.82, 2.24) is 21.3 Å². The Morgan fingerprint density at radius 1 is 0.968 bits per heavy atom. The molecule has 0 aliphatic carbocycles. The van der Waals surface area contributed by atoms with E-state index < -0.39 is 41.8 Å². The molecule has 1 saturated heterocycles. The molecule has 7 N–H and O–H groups in total. The smallest absolute Gasteiger partial charge is 0.326 e. The van der Waals surface area contributed by atoms with E-state index in [1.807, 2.05) is 0 Å². The Balaban J connectivity index is 2.83. The van der Waals surface area contributed by atoms with E-state index in [1.54, 1.807) is 27.7 Å². The Morgan fingerprint density at radius 2 is 1.52 bits per heavy atom. The van der Waals surface area contributed by atoms with Gasteiger partial charge in [-0.05, 0) is 37.6 Å². The Bertz CT molecular complexity index is 675. The van der Waals surface area contributed by atoms with E-state index in [4.69, 9.17) is 5.73 Å². The molecule has 0 saturated carbocycles. The maximum Gasteiger partial charge on any atom is 0.326 e. The summed E-state index contributed by atoms with van der Waals surface area (Å²) < 4.78 is 0. The number of rotatable bonds is 12. The standard InChI is InChI=1S/C20H35N5O6/c1-10(2)15(18(28)23-13(20(30)31)7-8-14(21)26)25-19(29)16(11(3)4)24-17(27)12-6-5-9-22-12/h10-13,15-16,22H,5-9H2,1-4H3,(H2,21,26)(H,23,28)(H,24,27)(H,25,29)(H,30,31). The van der Waals surface area contributed by atoms with Crippen LogP contribution in [0.2, 0.25) is 0 Å². The van der Waals surface area contributed by atoms with Gasteiger partial charge in [0.25, 0.3) is 0 Å². The fourth-order valence-corrected chi connectivity index (χ4v) is 3.28. The number of hydrogen-bond donors (Lipinski definition) is 6. The van der Waals surface area contributed by atoms with Crippen molar-refractivity contribution >= 4 is 29.6 Å². The van der Waals surface area contributed by atoms with Crippen molar-refractivity contribution in [3.05, 3.63) is 0 Å². The zero-order chi connectivity index (χ0) is 23.7. The summed E-state index contributed by atoms with van der Waals surface area (Å²) in [5.41, 5.74) is 5.05. The first kappa shape index (κ1) is 26.3. The van der Waals surface area contributed by atoms with Crippen LogP contribution in [0.25, 0.3) is 0 Å². The molecule has 0 aromatic carbocycles. The van der Waals surface area contributed by atoms with E-state index in [0.29, 0.717) is 6.42 Å². The highest BCUT2D eigenvalue weighted by atomic mass is 16.4. The lowest BCUT2D eigenvalue weighted by molar-refractivity contribution is -0.143. The Labute approximate surface area is 182 Å². The molecule has 0 aromatic rings. The fourth-order valence-electron chi connectivity index (χ4n) is 3.28. The third-order valence-corrected chi connectivity index (χ3v) is 5.16. The minimum atomic E-state index is -1.31. The summed E-state index contributed by atoms with van der Waals surface area (Å²) in [4.78, 5) is 60.4. The van der Waals surface area contributed by atoms with Crippen LogP contribution >= 0.6 is 0 Å². The molecule has 4 unspecified atom stereocenters. The van der Waals surface area contributed by atoms with Gasteiger partial charge in [0.05, 0.1) is 6.04 Å². The minimum Gasteiger partial charge on any atom is -0.480 e. The minimum absolute atomic E-state index is 0.158. The molecule has 0 aromatic heterocycles. The van der Waals surface area contributed by atoms with Gasteiger partial charge in [0.15, 0.2) is 0 Å². The molecule has 4 amide bonds. The summed E-state index contributed by atoms with van der Waals surface area (Å²) in [5.74, 6) is -4.06. The van der Waals surface area contributed by atoms with Gasteiger partial charge in [-0.25, -0.2) is 4.79 Å². The maximum absolute atomic E-state index is 12.9. The first-order chi connectivity index (χ1) is 14.4. The number of amides is 4. The molecule has 0 radical (unpaired) electrons. The monoisotopic (exact) mass is 441 g/mol. The van der Waals surface area contributed by atoms with Gasteiger partial charge < -0.3 is 32.1 Å².